The zero-order chi connectivity index (χ0) is 12.4. The average molecular weight is 231 g/mol. The summed E-state index contributed by atoms with van der Waals surface area (Å²) in [6.07, 6.45) is 5.28. The second kappa shape index (κ2) is 5.22. The Bertz CT molecular complexity index is 400. The van der Waals surface area contributed by atoms with Crippen LogP contribution in [0, 0.1) is 27.7 Å². The number of aryl methyl sites for hydroxylation is 1. The molecule has 0 spiro atoms. The van der Waals surface area contributed by atoms with Gasteiger partial charge in [-0.15, -0.1) is 0 Å². The highest BCUT2D eigenvalue weighted by Crippen LogP contribution is 2.23. The van der Waals surface area contributed by atoms with E-state index < -0.39 is 0 Å². The van der Waals surface area contributed by atoms with Crippen molar-refractivity contribution in [1.82, 2.24) is 5.32 Å². The summed E-state index contributed by atoms with van der Waals surface area (Å²) in [5.74, 6) is 0. The molecule has 0 amide bonds. The van der Waals surface area contributed by atoms with Crippen LogP contribution in [0.2, 0.25) is 0 Å². The average Bonchev–Trinajstić information content (AvgIpc) is 2.35. The Kier molecular flexibility index (Phi) is 3.88. The van der Waals surface area contributed by atoms with Crippen LogP contribution in [0.3, 0.4) is 0 Å². The molecule has 1 aromatic carbocycles. The summed E-state index contributed by atoms with van der Waals surface area (Å²) in [7, 11) is 0. The number of hydrogen-bond acceptors (Lipinski definition) is 1. The van der Waals surface area contributed by atoms with Crippen molar-refractivity contribution in [3.8, 4) is 0 Å². The van der Waals surface area contributed by atoms with Crippen LogP contribution < -0.4 is 5.32 Å². The highest BCUT2D eigenvalue weighted by atomic mass is 14.9. The topological polar surface area (TPSA) is 12.0 Å². The standard InChI is InChI=1S/C16H25N/c1-11-9-15(14(4)13(3)12(11)2)10-16-7-5-6-8-17-16/h9,16-17H,5-8,10H2,1-4H3. The largest absolute Gasteiger partial charge is 0.314 e. The quantitative estimate of drug-likeness (QED) is 0.820. The molecule has 1 aliphatic heterocycles. The summed E-state index contributed by atoms with van der Waals surface area (Å²) in [5.41, 5.74) is 7.43. The Morgan fingerprint density at radius 3 is 2.47 bits per heavy atom. The Hall–Kier alpha value is -0.820. The fourth-order valence-electron chi connectivity index (χ4n) is 2.87. The third kappa shape index (κ3) is 2.71. The fourth-order valence-corrected chi connectivity index (χ4v) is 2.87. The van der Waals surface area contributed by atoms with E-state index in [0.29, 0.717) is 6.04 Å². The predicted molar refractivity (Wildman–Crippen MR) is 74.7 cm³/mol. The number of rotatable bonds is 2. The Labute approximate surface area is 106 Å². The van der Waals surface area contributed by atoms with Crippen molar-refractivity contribution in [1.29, 1.82) is 0 Å². The first-order valence-electron chi connectivity index (χ1n) is 6.89. The van der Waals surface area contributed by atoms with E-state index in [1.54, 1.807) is 5.56 Å². The molecule has 2 rings (SSSR count). The second-order valence-corrected chi connectivity index (χ2v) is 5.58. The van der Waals surface area contributed by atoms with Crippen molar-refractivity contribution in [3.63, 3.8) is 0 Å². The molecule has 0 aromatic heterocycles. The lowest BCUT2D eigenvalue weighted by atomic mass is 9.89. The monoisotopic (exact) mass is 231 g/mol. The number of hydrogen-bond donors (Lipinski definition) is 1. The number of nitrogens with one attached hydrogen (secondary N) is 1. The normalized spacial score (nSPS) is 20.6. The SMILES string of the molecule is Cc1cc(CC2CCCCN2)c(C)c(C)c1C. The van der Waals surface area contributed by atoms with Crippen LogP contribution in [-0.4, -0.2) is 12.6 Å². The van der Waals surface area contributed by atoms with Crippen LogP contribution in [0.5, 0.6) is 0 Å². The highest BCUT2D eigenvalue weighted by Gasteiger charge is 2.15. The summed E-state index contributed by atoms with van der Waals surface area (Å²) >= 11 is 0. The maximum absolute atomic E-state index is 3.65. The van der Waals surface area contributed by atoms with Crippen molar-refractivity contribution >= 4 is 0 Å². The van der Waals surface area contributed by atoms with E-state index in [1.165, 1.54) is 54.5 Å². The molecule has 0 radical (unpaired) electrons. The number of piperidine rings is 1. The maximum Gasteiger partial charge on any atom is 0.0108 e. The van der Waals surface area contributed by atoms with Crippen LogP contribution in [0.25, 0.3) is 0 Å². The van der Waals surface area contributed by atoms with Crippen molar-refractivity contribution in [3.05, 3.63) is 33.9 Å². The van der Waals surface area contributed by atoms with E-state index in [1.807, 2.05) is 0 Å². The lowest BCUT2D eigenvalue weighted by molar-refractivity contribution is 0.399. The molecule has 94 valence electrons. The molecule has 1 heteroatoms. The minimum Gasteiger partial charge on any atom is -0.314 e. The van der Waals surface area contributed by atoms with E-state index >= 15 is 0 Å². The van der Waals surface area contributed by atoms with Crippen molar-refractivity contribution in [2.24, 2.45) is 0 Å². The molecule has 1 unspecified atom stereocenters. The molecule has 1 N–H and O–H groups in total. The minimum atomic E-state index is 0.698. The van der Waals surface area contributed by atoms with Gasteiger partial charge < -0.3 is 5.32 Å². The maximum atomic E-state index is 3.65. The fraction of sp³-hybridized carbons (Fsp3) is 0.625. The van der Waals surface area contributed by atoms with Crippen LogP contribution in [0.1, 0.15) is 47.1 Å². The van der Waals surface area contributed by atoms with Gasteiger partial charge in [-0.25, -0.2) is 0 Å². The van der Waals surface area contributed by atoms with Gasteiger partial charge in [0.05, 0.1) is 0 Å². The second-order valence-electron chi connectivity index (χ2n) is 5.58. The first kappa shape index (κ1) is 12.6. The molecular formula is C16H25N. The molecule has 17 heavy (non-hydrogen) atoms. The molecule has 0 saturated carbocycles. The first-order chi connectivity index (χ1) is 8.09. The third-order valence-electron chi connectivity index (χ3n) is 4.47. The van der Waals surface area contributed by atoms with Gasteiger partial charge in [0.25, 0.3) is 0 Å². The molecule has 1 aliphatic rings. The van der Waals surface area contributed by atoms with Gasteiger partial charge in [0.2, 0.25) is 0 Å². The van der Waals surface area contributed by atoms with Gasteiger partial charge in [-0.05, 0) is 81.3 Å². The van der Waals surface area contributed by atoms with E-state index in [-0.39, 0.29) is 0 Å². The molecule has 1 saturated heterocycles. The van der Waals surface area contributed by atoms with Crippen molar-refractivity contribution < 1.29 is 0 Å². The summed E-state index contributed by atoms with van der Waals surface area (Å²) in [4.78, 5) is 0. The number of benzene rings is 1. The Morgan fingerprint density at radius 2 is 1.82 bits per heavy atom. The predicted octanol–water partition coefficient (Wildman–Crippen LogP) is 3.60. The zero-order valence-corrected chi connectivity index (χ0v) is 11.7. The smallest absolute Gasteiger partial charge is 0.0108 e. The molecule has 1 aromatic rings. The van der Waals surface area contributed by atoms with Crippen LogP contribution in [-0.2, 0) is 6.42 Å². The van der Waals surface area contributed by atoms with Gasteiger partial charge in [-0.1, -0.05) is 12.5 Å². The Morgan fingerprint density at radius 1 is 1.06 bits per heavy atom. The molecule has 1 fully saturated rings. The van der Waals surface area contributed by atoms with E-state index in [4.69, 9.17) is 0 Å². The zero-order valence-electron chi connectivity index (χ0n) is 11.7. The Balaban J connectivity index is 2.20. The van der Waals surface area contributed by atoms with Crippen LogP contribution in [0.4, 0.5) is 0 Å². The first-order valence-corrected chi connectivity index (χ1v) is 6.89. The van der Waals surface area contributed by atoms with Gasteiger partial charge in [-0.3, -0.25) is 0 Å². The highest BCUT2D eigenvalue weighted by molar-refractivity contribution is 5.44. The van der Waals surface area contributed by atoms with Gasteiger partial charge in [0, 0.05) is 6.04 Å². The molecule has 0 aliphatic carbocycles. The van der Waals surface area contributed by atoms with E-state index in [0.717, 1.165) is 0 Å². The lowest BCUT2D eigenvalue weighted by Crippen LogP contribution is -2.35. The van der Waals surface area contributed by atoms with Gasteiger partial charge in [0.15, 0.2) is 0 Å². The van der Waals surface area contributed by atoms with E-state index in [2.05, 4.69) is 39.1 Å². The van der Waals surface area contributed by atoms with Crippen LogP contribution >= 0.6 is 0 Å². The lowest BCUT2D eigenvalue weighted by Gasteiger charge is -2.25. The van der Waals surface area contributed by atoms with Gasteiger partial charge in [-0.2, -0.15) is 0 Å². The van der Waals surface area contributed by atoms with Gasteiger partial charge >= 0.3 is 0 Å². The minimum absolute atomic E-state index is 0.698. The molecule has 1 heterocycles. The molecule has 1 atom stereocenters. The third-order valence-corrected chi connectivity index (χ3v) is 4.47. The summed E-state index contributed by atoms with van der Waals surface area (Å²) in [6.45, 7) is 10.2. The summed E-state index contributed by atoms with van der Waals surface area (Å²) in [5, 5.41) is 3.65. The summed E-state index contributed by atoms with van der Waals surface area (Å²) in [6, 6.07) is 3.09. The molecular weight excluding hydrogens is 206 g/mol. The van der Waals surface area contributed by atoms with E-state index in [9.17, 15) is 0 Å². The molecule has 1 nitrogen and oxygen atoms in total. The van der Waals surface area contributed by atoms with Crippen molar-refractivity contribution in [2.45, 2.75) is 59.4 Å². The van der Waals surface area contributed by atoms with Crippen LogP contribution in [0.15, 0.2) is 6.07 Å². The summed E-state index contributed by atoms with van der Waals surface area (Å²) < 4.78 is 0. The van der Waals surface area contributed by atoms with Crippen molar-refractivity contribution in [2.75, 3.05) is 6.54 Å². The molecule has 0 bridgehead atoms. The van der Waals surface area contributed by atoms with Gasteiger partial charge in [0.1, 0.15) is 0 Å².